The second kappa shape index (κ2) is 30.8. The van der Waals surface area contributed by atoms with Crippen LogP contribution < -0.4 is 0 Å². The smallest absolute Gasteiger partial charge is 0.303 e. The molecule has 0 bridgehead atoms. The number of esters is 1. The van der Waals surface area contributed by atoms with Crippen LogP contribution in [0.4, 0.5) is 0 Å². The van der Waals surface area contributed by atoms with Gasteiger partial charge in [-0.2, -0.15) is 0 Å². The number of carbonyl (C=O) groups excluding carboxylic acids is 1. The number of hydrogen-bond donors (Lipinski definition) is 0. The summed E-state index contributed by atoms with van der Waals surface area (Å²) in [6.07, 6.45) is -10.8. The lowest BCUT2D eigenvalue weighted by atomic mass is 9.83. The first-order valence-electron chi connectivity index (χ1n) is 28.2. The van der Waals surface area contributed by atoms with Gasteiger partial charge >= 0.3 is 5.97 Å². The number of benzene rings is 8. The van der Waals surface area contributed by atoms with Crippen LogP contribution in [0.3, 0.4) is 0 Å². The lowest BCUT2D eigenvalue weighted by Gasteiger charge is -2.52. The minimum absolute atomic E-state index is 0.0812. The first kappa shape index (κ1) is 58.0. The number of carbonyl (C=O) groups is 1. The normalized spacial score (nSPS) is 23.5. The predicted octanol–water partition coefficient (Wildman–Crippen LogP) is 12.4. The first-order chi connectivity index (χ1) is 40.5. The molecule has 424 valence electrons. The fourth-order valence-electron chi connectivity index (χ4n) is 10.4. The molecule has 0 aromatic heterocycles. The third-order valence-corrected chi connectivity index (χ3v) is 14.5. The molecule has 1 saturated carbocycles. The third-order valence-electron chi connectivity index (χ3n) is 14.5. The predicted molar refractivity (Wildman–Crippen MR) is 310 cm³/mol. The summed E-state index contributed by atoms with van der Waals surface area (Å²) in [6, 6.07) is 79.5. The zero-order valence-electron chi connectivity index (χ0n) is 46.2. The fraction of sp³-hybridized carbons (Fsp3) is 0.300. The lowest BCUT2D eigenvalue weighted by Crippen LogP contribution is -2.70. The molecule has 2 fully saturated rings. The Morgan fingerprint density at radius 2 is 0.549 bits per heavy atom. The average molecular weight is 1110 g/mol. The lowest BCUT2D eigenvalue weighted by molar-refractivity contribution is -0.363. The van der Waals surface area contributed by atoms with Crippen molar-refractivity contribution in [1.29, 1.82) is 0 Å². The fourth-order valence-corrected chi connectivity index (χ4v) is 10.4. The highest BCUT2D eigenvalue weighted by atomic mass is 16.7. The summed E-state index contributed by atoms with van der Waals surface area (Å²) in [5.41, 5.74) is 7.47. The molecule has 12 heteroatoms. The molecular formula is C70H72O12. The summed E-state index contributed by atoms with van der Waals surface area (Å²) < 4.78 is 78.1. The maximum atomic E-state index is 13.9. The van der Waals surface area contributed by atoms with Gasteiger partial charge in [-0.15, -0.1) is 0 Å². The Kier molecular flexibility index (Phi) is 21.8. The molecule has 1 aliphatic heterocycles. The van der Waals surface area contributed by atoms with Crippen LogP contribution in [0.25, 0.3) is 0 Å². The van der Waals surface area contributed by atoms with Crippen LogP contribution in [0.2, 0.25) is 0 Å². The van der Waals surface area contributed by atoms with Gasteiger partial charge in [-0.3, -0.25) is 4.79 Å². The van der Waals surface area contributed by atoms with Crippen molar-refractivity contribution in [2.75, 3.05) is 6.61 Å². The van der Waals surface area contributed by atoms with Gasteiger partial charge in [0, 0.05) is 6.92 Å². The van der Waals surface area contributed by atoms with Gasteiger partial charge in [0.2, 0.25) is 0 Å². The van der Waals surface area contributed by atoms with E-state index in [4.69, 9.17) is 52.1 Å². The molecule has 0 N–H and O–H groups in total. The molecular weight excluding hydrogens is 1030 g/mol. The van der Waals surface area contributed by atoms with Crippen LogP contribution >= 0.6 is 0 Å². The molecule has 11 atom stereocenters. The molecule has 8 aromatic carbocycles. The minimum atomic E-state index is -1.25. The molecule has 0 radical (unpaired) electrons. The molecule has 0 amide bonds. The molecule has 2 aliphatic rings. The first-order valence-corrected chi connectivity index (χ1v) is 28.2. The van der Waals surface area contributed by atoms with Gasteiger partial charge in [-0.05, 0) is 44.5 Å². The topological polar surface area (TPSA) is 119 Å². The second-order valence-electron chi connectivity index (χ2n) is 20.5. The van der Waals surface area contributed by atoms with Crippen LogP contribution in [0, 0.1) is 0 Å². The average Bonchev–Trinajstić information content (AvgIpc) is 3.67. The van der Waals surface area contributed by atoms with E-state index in [0.29, 0.717) is 6.61 Å². The van der Waals surface area contributed by atoms with Crippen LogP contribution in [0.15, 0.2) is 243 Å². The molecule has 8 aromatic rings. The SMILES string of the molecule is CC(=O)O[C@H]1[C@H](OCc2ccccc2)[C@@H](OCc2ccccc2)[C@@H](OCc2ccccc2)[C@H](OCc2ccccc2)[C@@H]1O[C@H]1O[C@H](COCc2ccccc2)[C@@H](OCc2ccccc2)[C@H](OCc2ccccc2)[C@@H]1OCc1ccccc1. The monoisotopic (exact) mass is 1100 g/mol. The van der Waals surface area contributed by atoms with Crippen molar-refractivity contribution in [3.63, 3.8) is 0 Å². The Labute approximate surface area is 481 Å². The quantitative estimate of drug-likeness (QED) is 0.0435. The van der Waals surface area contributed by atoms with E-state index < -0.39 is 73.3 Å². The summed E-state index contributed by atoms with van der Waals surface area (Å²) in [6.45, 7) is 3.02. The van der Waals surface area contributed by atoms with Crippen LogP contribution in [0.1, 0.15) is 51.4 Å². The van der Waals surface area contributed by atoms with Gasteiger partial charge in [0.1, 0.15) is 54.9 Å². The molecule has 82 heavy (non-hydrogen) atoms. The second-order valence-corrected chi connectivity index (χ2v) is 20.5. The van der Waals surface area contributed by atoms with E-state index in [2.05, 4.69) is 0 Å². The number of ether oxygens (including phenoxy) is 11. The van der Waals surface area contributed by atoms with E-state index in [1.165, 1.54) is 6.92 Å². The minimum Gasteiger partial charge on any atom is -0.457 e. The molecule has 1 heterocycles. The highest BCUT2D eigenvalue weighted by Gasteiger charge is 2.59. The third kappa shape index (κ3) is 16.7. The van der Waals surface area contributed by atoms with Gasteiger partial charge in [0.25, 0.3) is 0 Å². The standard InChI is InChI=1S/C70H72O12/c1-51(71)80-67-65(77-47-57-36-20-7-21-37-57)63(75-45-55-32-16-5-17-33-55)64(76-46-56-34-18-6-19-35-56)66(78-48-58-38-22-8-23-39-58)68(67)82-70-69(79-49-59-40-24-9-25-41-59)62(74-44-54-30-14-4-15-31-54)61(73-43-53-28-12-3-13-29-53)60(81-70)50-72-42-52-26-10-2-11-27-52/h2-41,60-70H,42-50H2,1H3/t60-,61-,62+,63+,64-,65-,66+,67+,68+,69+,70-/m1/s1. The number of hydrogen-bond acceptors (Lipinski definition) is 12. The Morgan fingerprint density at radius 1 is 0.305 bits per heavy atom. The summed E-state index contributed by atoms with van der Waals surface area (Å²) in [4.78, 5) is 13.9. The van der Waals surface area contributed by atoms with Crippen molar-refractivity contribution >= 4 is 5.97 Å². The Bertz CT molecular complexity index is 3040. The van der Waals surface area contributed by atoms with Crippen molar-refractivity contribution in [2.24, 2.45) is 0 Å². The van der Waals surface area contributed by atoms with Crippen molar-refractivity contribution in [2.45, 2.75) is 127 Å². The van der Waals surface area contributed by atoms with E-state index in [1.807, 2.05) is 243 Å². The molecule has 10 rings (SSSR count). The van der Waals surface area contributed by atoms with E-state index in [0.717, 1.165) is 44.5 Å². The van der Waals surface area contributed by atoms with Gasteiger partial charge in [0.05, 0.1) is 59.5 Å². The molecule has 1 saturated heterocycles. The highest BCUT2D eigenvalue weighted by Crippen LogP contribution is 2.40. The Balaban J connectivity index is 1.10. The maximum Gasteiger partial charge on any atom is 0.303 e. The van der Waals surface area contributed by atoms with Crippen molar-refractivity contribution in [3.05, 3.63) is 287 Å². The Morgan fingerprint density at radius 3 is 0.854 bits per heavy atom. The zero-order valence-corrected chi connectivity index (χ0v) is 46.2. The summed E-state index contributed by atoms with van der Waals surface area (Å²) in [7, 11) is 0. The van der Waals surface area contributed by atoms with E-state index >= 15 is 0 Å². The largest absolute Gasteiger partial charge is 0.457 e. The highest BCUT2D eigenvalue weighted by molar-refractivity contribution is 5.66. The molecule has 12 nitrogen and oxygen atoms in total. The van der Waals surface area contributed by atoms with Gasteiger partial charge in [0.15, 0.2) is 12.4 Å². The summed E-state index contributed by atoms with van der Waals surface area (Å²) in [5, 5.41) is 0. The van der Waals surface area contributed by atoms with Crippen LogP contribution in [0.5, 0.6) is 0 Å². The van der Waals surface area contributed by atoms with Crippen LogP contribution in [-0.2, 0) is 110 Å². The number of rotatable bonds is 28. The van der Waals surface area contributed by atoms with Crippen LogP contribution in [-0.4, -0.2) is 79.9 Å². The van der Waals surface area contributed by atoms with E-state index in [-0.39, 0.29) is 52.9 Å². The van der Waals surface area contributed by atoms with Crippen molar-refractivity contribution < 1.29 is 56.9 Å². The Hall–Kier alpha value is -7.17. The van der Waals surface area contributed by atoms with E-state index in [9.17, 15) is 4.79 Å². The van der Waals surface area contributed by atoms with Gasteiger partial charge < -0.3 is 52.1 Å². The molecule has 0 spiro atoms. The van der Waals surface area contributed by atoms with Gasteiger partial charge in [-0.25, -0.2) is 0 Å². The van der Waals surface area contributed by atoms with E-state index in [1.54, 1.807) is 0 Å². The molecule has 1 aliphatic carbocycles. The van der Waals surface area contributed by atoms with Gasteiger partial charge in [-0.1, -0.05) is 243 Å². The zero-order chi connectivity index (χ0) is 56.0. The van der Waals surface area contributed by atoms with Crippen molar-refractivity contribution in [3.8, 4) is 0 Å². The maximum absolute atomic E-state index is 13.9. The summed E-state index contributed by atoms with van der Waals surface area (Å²) in [5.74, 6) is -0.564. The molecule has 0 unspecified atom stereocenters. The summed E-state index contributed by atoms with van der Waals surface area (Å²) >= 11 is 0. The van der Waals surface area contributed by atoms with Crippen molar-refractivity contribution in [1.82, 2.24) is 0 Å².